The van der Waals surface area contributed by atoms with Crippen LogP contribution in [0.1, 0.15) is 5.56 Å². The molecule has 0 aliphatic carbocycles. The van der Waals surface area contributed by atoms with E-state index in [2.05, 4.69) is 10.3 Å². The highest BCUT2D eigenvalue weighted by Gasteiger charge is 2.28. The number of para-hydroxylation sites is 1. The summed E-state index contributed by atoms with van der Waals surface area (Å²) in [5, 5.41) is 2.47. The van der Waals surface area contributed by atoms with Crippen molar-refractivity contribution >= 4 is 34.6 Å². The number of hydrogen-bond acceptors (Lipinski definition) is 3. The van der Waals surface area contributed by atoms with E-state index in [9.17, 15) is 26.7 Å². The Balaban J connectivity index is 1.98. The number of thioether (sulfide) groups is 1. The van der Waals surface area contributed by atoms with Gasteiger partial charge in [-0.1, -0.05) is 18.2 Å². The number of carbonyl (C=O) groups is 1. The first kappa shape index (κ1) is 17.2. The van der Waals surface area contributed by atoms with E-state index < -0.39 is 40.6 Å². The molecular weight excluding hydrogens is 363 g/mol. The van der Waals surface area contributed by atoms with Gasteiger partial charge in [-0.25, -0.2) is 26.9 Å². The zero-order chi connectivity index (χ0) is 18.1. The fourth-order valence-corrected chi connectivity index (χ4v) is 2.80. The molecule has 9 heteroatoms. The van der Waals surface area contributed by atoms with Crippen molar-refractivity contribution in [3.05, 3.63) is 69.9 Å². The SMILES string of the molecule is O=C1NC(=Nc2ccccc2)S/C1=C\c1c(F)c(F)c(F)c(F)c1F. The topological polar surface area (TPSA) is 41.5 Å². The number of hydrogen-bond donors (Lipinski definition) is 1. The van der Waals surface area contributed by atoms with Crippen LogP contribution in [0.2, 0.25) is 0 Å². The number of amidine groups is 1. The number of halogens is 5. The van der Waals surface area contributed by atoms with E-state index in [0.29, 0.717) is 11.8 Å². The number of aliphatic imine (C=N–C) groups is 1. The van der Waals surface area contributed by atoms with Crippen molar-refractivity contribution in [1.82, 2.24) is 5.32 Å². The van der Waals surface area contributed by atoms with Crippen LogP contribution in [0, 0.1) is 29.1 Å². The van der Waals surface area contributed by atoms with E-state index in [4.69, 9.17) is 0 Å². The van der Waals surface area contributed by atoms with Gasteiger partial charge in [0.05, 0.1) is 16.2 Å². The molecule has 1 fully saturated rings. The molecule has 0 unspecified atom stereocenters. The minimum Gasteiger partial charge on any atom is -0.300 e. The Labute approximate surface area is 142 Å². The maximum Gasteiger partial charge on any atom is 0.264 e. The molecule has 3 rings (SSSR count). The number of carbonyl (C=O) groups excluding carboxylic acids is 1. The van der Waals surface area contributed by atoms with Gasteiger partial charge in [0.1, 0.15) is 0 Å². The first-order chi connectivity index (χ1) is 11.9. The van der Waals surface area contributed by atoms with Gasteiger partial charge < -0.3 is 5.32 Å². The Bertz CT molecular complexity index is 899. The molecule has 2 aromatic rings. The van der Waals surface area contributed by atoms with Gasteiger partial charge in [0, 0.05) is 0 Å². The van der Waals surface area contributed by atoms with E-state index in [1.165, 1.54) is 0 Å². The predicted molar refractivity (Wildman–Crippen MR) is 83.5 cm³/mol. The van der Waals surface area contributed by atoms with Gasteiger partial charge in [-0.05, 0) is 30.0 Å². The van der Waals surface area contributed by atoms with Gasteiger partial charge in [-0.15, -0.1) is 0 Å². The Kier molecular flexibility index (Phi) is 4.58. The van der Waals surface area contributed by atoms with Gasteiger partial charge in [0.25, 0.3) is 5.91 Å². The second kappa shape index (κ2) is 6.67. The molecule has 1 aliphatic rings. The van der Waals surface area contributed by atoms with Crippen molar-refractivity contribution < 1.29 is 26.7 Å². The molecule has 3 nitrogen and oxygen atoms in total. The summed E-state index contributed by atoms with van der Waals surface area (Å²) in [5.41, 5.74) is -0.669. The zero-order valence-corrected chi connectivity index (χ0v) is 12.9. The molecule has 0 saturated carbocycles. The maximum atomic E-state index is 13.7. The van der Waals surface area contributed by atoms with E-state index >= 15 is 0 Å². The third-order valence-electron chi connectivity index (χ3n) is 3.16. The molecule has 0 atom stereocenters. The Morgan fingerprint density at radius 3 is 2.04 bits per heavy atom. The Morgan fingerprint density at radius 1 is 0.880 bits per heavy atom. The normalized spacial score (nSPS) is 17.4. The molecular formula is C16H7F5N2OS. The van der Waals surface area contributed by atoms with Crippen LogP contribution in [0.5, 0.6) is 0 Å². The van der Waals surface area contributed by atoms with Crippen LogP contribution < -0.4 is 5.32 Å². The van der Waals surface area contributed by atoms with Crippen molar-refractivity contribution in [3.8, 4) is 0 Å². The molecule has 1 saturated heterocycles. The summed E-state index contributed by atoms with van der Waals surface area (Å²) >= 11 is 0.720. The van der Waals surface area contributed by atoms with E-state index in [1.807, 2.05) is 0 Å². The van der Waals surface area contributed by atoms with Crippen LogP contribution in [-0.4, -0.2) is 11.1 Å². The van der Waals surface area contributed by atoms with Gasteiger partial charge in [0.15, 0.2) is 28.4 Å². The first-order valence-corrected chi connectivity index (χ1v) is 7.56. The lowest BCUT2D eigenvalue weighted by Gasteiger charge is -2.04. The summed E-state index contributed by atoms with van der Waals surface area (Å²) in [6.07, 6.45) is 0.601. The zero-order valence-electron chi connectivity index (χ0n) is 12.1. The molecule has 0 bridgehead atoms. The highest BCUT2D eigenvalue weighted by molar-refractivity contribution is 8.18. The second-order valence-corrected chi connectivity index (χ2v) is 5.83. The molecule has 0 radical (unpaired) electrons. The smallest absolute Gasteiger partial charge is 0.264 e. The third kappa shape index (κ3) is 3.27. The van der Waals surface area contributed by atoms with E-state index in [0.717, 1.165) is 11.8 Å². The predicted octanol–water partition coefficient (Wildman–Crippen LogP) is 4.27. The van der Waals surface area contributed by atoms with E-state index in [1.54, 1.807) is 30.3 Å². The molecule has 1 heterocycles. The largest absolute Gasteiger partial charge is 0.300 e. The number of nitrogens with one attached hydrogen (secondary N) is 1. The lowest BCUT2D eigenvalue weighted by Crippen LogP contribution is -2.19. The van der Waals surface area contributed by atoms with Crippen LogP contribution in [-0.2, 0) is 4.79 Å². The molecule has 1 N–H and O–H groups in total. The molecule has 0 aromatic heterocycles. The van der Waals surface area contributed by atoms with Crippen LogP contribution >= 0.6 is 11.8 Å². The van der Waals surface area contributed by atoms with Crippen LogP contribution in [0.25, 0.3) is 6.08 Å². The summed E-state index contributed by atoms with van der Waals surface area (Å²) in [6, 6.07) is 8.51. The third-order valence-corrected chi connectivity index (χ3v) is 4.07. The van der Waals surface area contributed by atoms with Gasteiger partial charge in [-0.2, -0.15) is 0 Å². The summed E-state index contributed by atoms with van der Waals surface area (Å²) in [5.74, 6) is -11.2. The van der Waals surface area contributed by atoms with Crippen molar-refractivity contribution in [3.63, 3.8) is 0 Å². The minimum atomic E-state index is -2.26. The summed E-state index contributed by atoms with van der Waals surface area (Å²) in [6.45, 7) is 0. The van der Waals surface area contributed by atoms with Gasteiger partial charge in [-0.3, -0.25) is 4.79 Å². The van der Waals surface area contributed by atoms with Crippen LogP contribution in [0.15, 0.2) is 40.2 Å². The molecule has 128 valence electrons. The highest BCUT2D eigenvalue weighted by Crippen LogP contribution is 2.31. The van der Waals surface area contributed by atoms with Gasteiger partial charge in [0.2, 0.25) is 5.82 Å². The Hall–Kier alpha value is -2.68. The maximum absolute atomic E-state index is 13.7. The fourth-order valence-electron chi connectivity index (χ4n) is 1.98. The Morgan fingerprint density at radius 2 is 1.44 bits per heavy atom. The quantitative estimate of drug-likeness (QED) is 0.371. The average molecular weight is 370 g/mol. The molecule has 0 spiro atoms. The van der Waals surface area contributed by atoms with Crippen LogP contribution in [0.3, 0.4) is 0 Å². The lowest BCUT2D eigenvalue weighted by atomic mass is 10.1. The molecule has 1 aliphatic heterocycles. The number of rotatable bonds is 2. The highest BCUT2D eigenvalue weighted by atomic mass is 32.2. The van der Waals surface area contributed by atoms with Crippen molar-refractivity contribution in [2.75, 3.05) is 0 Å². The minimum absolute atomic E-state index is 0.117. The second-order valence-electron chi connectivity index (χ2n) is 4.80. The number of amides is 1. The average Bonchev–Trinajstić information content (AvgIpc) is 2.95. The summed E-state index contributed by atoms with van der Waals surface area (Å²) < 4.78 is 66.9. The lowest BCUT2D eigenvalue weighted by molar-refractivity contribution is -0.115. The number of benzene rings is 2. The number of nitrogens with zero attached hydrogens (tertiary/aromatic N) is 1. The van der Waals surface area contributed by atoms with Crippen molar-refractivity contribution in [2.24, 2.45) is 4.99 Å². The first-order valence-electron chi connectivity index (χ1n) is 6.74. The monoisotopic (exact) mass is 370 g/mol. The summed E-state index contributed by atoms with van der Waals surface area (Å²) in [4.78, 5) is 15.7. The molecule has 25 heavy (non-hydrogen) atoms. The van der Waals surface area contributed by atoms with Crippen molar-refractivity contribution in [2.45, 2.75) is 0 Å². The molecule has 1 amide bonds. The standard InChI is InChI=1S/C16H7F5N2OS/c17-10-8(11(18)13(20)14(21)12(10)19)6-9-15(24)23-16(25-9)22-7-4-2-1-3-5-7/h1-6H,(H,22,23,24)/b9-6-. The van der Waals surface area contributed by atoms with Gasteiger partial charge >= 0.3 is 0 Å². The fraction of sp³-hybridized carbons (Fsp3) is 0. The van der Waals surface area contributed by atoms with Crippen LogP contribution in [0.4, 0.5) is 27.6 Å². The van der Waals surface area contributed by atoms with Crippen molar-refractivity contribution in [1.29, 1.82) is 0 Å². The summed E-state index contributed by atoms with van der Waals surface area (Å²) in [7, 11) is 0. The van der Waals surface area contributed by atoms with E-state index in [-0.39, 0.29) is 10.1 Å². The molecule has 2 aromatic carbocycles.